The van der Waals surface area contributed by atoms with Crippen molar-refractivity contribution in [2.45, 2.75) is 64.7 Å². The van der Waals surface area contributed by atoms with Gasteiger partial charge in [-0.2, -0.15) is 0 Å². The molecule has 1 saturated heterocycles. The second kappa shape index (κ2) is 8.56. The van der Waals surface area contributed by atoms with Gasteiger partial charge in [0, 0.05) is 19.1 Å². The summed E-state index contributed by atoms with van der Waals surface area (Å²) in [5.41, 5.74) is 1.58. The molecule has 1 heterocycles. The van der Waals surface area contributed by atoms with Gasteiger partial charge < -0.3 is 14.1 Å². The molecule has 1 fully saturated rings. The molecule has 0 aromatic rings. The molecule has 0 aromatic carbocycles. The normalized spacial score (nSPS) is 23.6. The highest BCUT2D eigenvalue weighted by Crippen LogP contribution is 2.38. The van der Waals surface area contributed by atoms with Gasteiger partial charge in [0.15, 0.2) is 14.1 Å². The Hall–Kier alpha value is -1.73. The predicted octanol–water partition coefficient (Wildman–Crippen LogP) is 3.49. The molecule has 1 aliphatic carbocycles. The van der Waals surface area contributed by atoms with Crippen LogP contribution in [0.4, 0.5) is 0 Å². The zero-order chi connectivity index (χ0) is 22.1. The molecule has 0 N–H and O–H groups in total. The van der Waals surface area contributed by atoms with Crippen LogP contribution in [0.5, 0.6) is 0 Å². The van der Waals surface area contributed by atoms with Crippen molar-refractivity contribution >= 4 is 26.0 Å². The van der Waals surface area contributed by atoms with Crippen LogP contribution in [0.2, 0.25) is 18.1 Å². The zero-order valence-electron chi connectivity index (χ0n) is 18.8. The van der Waals surface area contributed by atoms with Gasteiger partial charge in [0.05, 0.1) is 13.2 Å². The number of rotatable bonds is 6. The van der Waals surface area contributed by atoms with Crippen LogP contribution in [-0.4, -0.2) is 57.2 Å². The minimum atomic E-state index is -1.98. The van der Waals surface area contributed by atoms with Crippen molar-refractivity contribution in [3.05, 3.63) is 23.8 Å². The van der Waals surface area contributed by atoms with Crippen LogP contribution >= 0.6 is 0 Å². The van der Waals surface area contributed by atoms with Crippen LogP contribution in [0.15, 0.2) is 23.8 Å². The van der Waals surface area contributed by atoms with Crippen molar-refractivity contribution in [2.24, 2.45) is 11.8 Å². The average molecular weight is 422 g/mol. The highest BCUT2D eigenvalue weighted by atomic mass is 28.4. The minimum Gasteiger partial charge on any atom is -0.468 e. The molecule has 1 amide bonds. The Bertz CT molecular complexity index is 734. The van der Waals surface area contributed by atoms with Crippen molar-refractivity contribution in [1.29, 1.82) is 0 Å². The highest BCUT2D eigenvalue weighted by Gasteiger charge is 2.44. The van der Waals surface area contributed by atoms with Crippen LogP contribution in [0, 0.1) is 11.8 Å². The zero-order valence-corrected chi connectivity index (χ0v) is 19.8. The molecule has 6 nitrogen and oxygen atoms in total. The van der Waals surface area contributed by atoms with Crippen molar-refractivity contribution in [3.63, 3.8) is 0 Å². The molecule has 0 spiro atoms. The van der Waals surface area contributed by atoms with Gasteiger partial charge in [0.25, 0.3) is 0 Å². The van der Waals surface area contributed by atoms with E-state index in [1.165, 1.54) is 7.11 Å². The number of hydrogen-bond donors (Lipinski definition) is 0. The van der Waals surface area contributed by atoms with Crippen molar-refractivity contribution in [1.82, 2.24) is 4.90 Å². The molecule has 0 saturated carbocycles. The molecule has 2 bridgehead atoms. The lowest BCUT2D eigenvalue weighted by Gasteiger charge is -2.44. The summed E-state index contributed by atoms with van der Waals surface area (Å²) >= 11 is 0. The molecular weight excluding hydrogens is 386 g/mol. The monoisotopic (exact) mass is 421 g/mol. The lowest BCUT2D eigenvalue weighted by atomic mass is 9.76. The minimum absolute atomic E-state index is 0.0495. The van der Waals surface area contributed by atoms with Crippen LogP contribution in [0.3, 0.4) is 0 Å². The molecule has 2 aliphatic rings. The number of piperidine rings is 1. The molecule has 2 rings (SSSR count). The molecule has 3 atom stereocenters. The standard InChI is InChI=1S/C22H35NO5Si/c1-14-11-19(24)17-12-18(14)23(13-15(17)2)20(25)16(21(26)27-6)9-10-28-29(7,8)22(3,4)5/h11,16-18H,2,9-10,12-13H2,1,3-8H3/t16?,17-,18-/m1/s1. The number of allylic oxidation sites excluding steroid dienone is 1. The molecule has 0 aromatic heterocycles. The number of carbonyl (C=O) groups is 3. The van der Waals surface area contributed by atoms with Crippen LogP contribution in [0.25, 0.3) is 0 Å². The second-order valence-corrected chi connectivity index (χ2v) is 14.5. The number of ether oxygens (including phenoxy) is 1. The van der Waals surface area contributed by atoms with E-state index in [0.717, 1.165) is 11.1 Å². The van der Waals surface area contributed by atoms with Gasteiger partial charge in [0.1, 0.15) is 5.92 Å². The van der Waals surface area contributed by atoms with E-state index in [4.69, 9.17) is 9.16 Å². The topological polar surface area (TPSA) is 72.9 Å². The fourth-order valence-corrected chi connectivity index (χ4v) is 4.75. The number of ketones is 1. The first-order valence-electron chi connectivity index (χ1n) is 10.2. The first-order chi connectivity index (χ1) is 13.3. The van der Waals surface area contributed by atoms with Crippen molar-refractivity contribution in [3.8, 4) is 0 Å². The Balaban J connectivity index is 2.17. The Morgan fingerprint density at radius 3 is 2.52 bits per heavy atom. The molecule has 162 valence electrons. The van der Waals surface area contributed by atoms with E-state index in [2.05, 4.69) is 40.4 Å². The van der Waals surface area contributed by atoms with Gasteiger partial charge in [-0.05, 0) is 55.1 Å². The molecule has 29 heavy (non-hydrogen) atoms. The maximum atomic E-state index is 13.4. The van der Waals surface area contributed by atoms with Gasteiger partial charge in [-0.25, -0.2) is 0 Å². The Labute approximate surface area is 175 Å². The summed E-state index contributed by atoms with van der Waals surface area (Å²) < 4.78 is 11.1. The van der Waals surface area contributed by atoms with E-state index in [0.29, 0.717) is 19.6 Å². The summed E-state index contributed by atoms with van der Waals surface area (Å²) in [5, 5.41) is 0.0495. The van der Waals surface area contributed by atoms with Crippen LogP contribution in [-0.2, 0) is 23.5 Å². The smallest absolute Gasteiger partial charge is 0.318 e. The largest absolute Gasteiger partial charge is 0.468 e. The highest BCUT2D eigenvalue weighted by molar-refractivity contribution is 6.74. The molecule has 1 aliphatic heterocycles. The molecule has 1 unspecified atom stereocenters. The maximum absolute atomic E-state index is 13.4. The summed E-state index contributed by atoms with van der Waals surface area (Å²) in [6.45, 7) is 17.2. The quantitative estimate of drug-likeness (QED) is 0.284. The fraction of sp³-hybridized carbons (Fsp3) is 0.682. The number of likely N-dealkylation sites (tertiary alicyclic amines) is 1. The summed E-state index contributed by atoms with van der Waals surface area (Å²) in [4.78, 5) is 39.6. The number of esters is 1. The van der Waals surface area contributed by atoms with E-state index in [1.807, 2.05) is 6.92 Å². The van der Waals surface area contributed by atoms with E-state index in [1.54, 1.807) is 11.0 Å². The first kappa shape index (κ1) is 23.5. The third-order valence-electron chi connectivity index (χ3n) is 6.68. The van der Waals surface area contributed by atoms with Gasteiger partial charge >= 0.3 is 5.97 Å². The number of amides is 1. The van der Waals surface area contributed by atoms with Gasteiger partial charge in [-0.15, -0.1) is 0 Å². The summed E-state index contributed by atoms with van der Waals surface area (Å²) in [5.74, 6) is -1.91. The first-order valence-corrected chi connectivity index (χ1v) is 13.1. The maximum Gasteiger partial charge on any atom is 0.318 e. The Kier molecular flexibility index (Phi) is 6.95. The fourth-order valence-electron chi connectivity index (χ4n) is 3.69. The lowest BCUT2D eigenvalue weighted by molar-refractivity contribution is -0.156. The molecule has 0 radical (unpaired) electrons. The third kappa shape index (κ3) is 4.89. The number of methoxy groups -OCH3 is 1. The lowest BCUT2D eigenvalue weighted by Crippen LogP contribution is -2.54. The van der Waals surface area contributed by atoms with Gasteiger partial charge in [-0.3, -0.25) is 14.4 Å². The van der Waals surface area contributed by atoms with E-state index < -0.39 is 20.2 Å². The predicted molar refractivity (Wildman–Crippen MR) is 115 cm³/mol. The van der Waals surface area contributed by atoms with Gasteiger partial charge in [0.2, 0.25) is 5.91 Å². The second-order valence-electron chi connectivity index (χ2n) is 9.69. The number of nitrogens with zero attached hydrogens (tertiary/aromatic N) is 1. The number of fused-ring (bicyclic) bond motifs is 2. The average Bonchev–Trinajstić information content (AvgIpc) is 2.62. The summed E-state index contributed by atoms with van der Waals surface area (Å²) in [6.07, 6.45) is 2.43. The summed E-state index contributed by atoms with van der Waals surface area (Å²) in [7, 11) is -0.680. The number of hydrogen-bond acceptors (Lipinski definition) is 5. The van der Waals surface area contributed by atoms with Crippen LogP contribution < -0.4 is 0 Å². The van der Waals surface area contributed by atoms with Crippen molar-refractivity contribution in [2.75, 3.05) is 20.3 Å². The Morgan fingerprint density at radius 1 is 1.34 bits per heavy atom. The molecule has 7 heteroatoms. The summed E-state index contributed by atoms with van der Waals surface area (Å²) in [6, 6.07) is -0.177. The van der Waals surface area contributed by atoms with Gasteiger partial charge in [-0.1, -0.05) is 27.4 Å². The third-order valence-corrected chi connectivity index (χ3v) is 11.2. The van der Waals surface area contributed by atoms with Crippen molar-refractivity contribution < 1.29 is 23.5 Å². The Morgan fingerprint density at radius 2 is 1.97 bits per heavy atom. The van der Waals surface area contributed by atoms with E-state index >= 15 is 0 Å². The van der Waals surface area contributed by atoms with Crippen LogP contribution in [0.1, 0.15) is 40.5 Å². The molecular formula is C22H35NO5Si. The van der Waals surface area contributed by atoms with E-state index in [9.17, 15) is 14.4 Å². The SMILES string of the molecule is C=C1CN(C(=O)C(CCO[Si](C)(C)C(C)(C)C)C(=O)OC)[C@@H]2C[C@H]1C(=O)C=C2C. The van der Waals surface area contributed by atoms with E-state index in [-0.39, 0.29) is 35.1 Å². The number of carbonyl (C=O) groups excluding carboxylic acids is 3.